The van der Waals surface area contributed by atoms with Crippen LogP contribution in [0.5, 0.6) is 0 Å². The van der Waals surface area contributed by atoms with Crippen LogP contribution in [0.1, 0.15) is 41.1 Å². The molecule has 17 heavy (non-hydrogen) atoms. The van der Waals surface area contributed by atoms with Gasteiger partial charge < -0.3 is 4.98 Å². The van der Waals surface area contributed by atoms with Gasteiger partial charge >= 0.3 is 0 Å². The third-order valence-corrected chi connectivity index (χ3v) is 4.10. The van der Waals surface area contributed by atoms with Crippen molar-refractivity contribution in [3.63, 3.8) is 0 Å². The van der Waals surface area contributed by atoms with Crippen LogP contribution in [0.3, 0.4) is 0 Å². The maximum absolute atomic E-state index is 4.42. The highest BCUT2D eigenvalue weighted by atomic mass is 32.1. The van der Waals surface area contributed by atoms with E-state index in [1.807, 2.05) is 17.4 Å². The molecule has 0 aliphatic heterocycles. The van der Waals surface area contributed by atoms with Gasteiger partial charge in [0.1, 0.15) is 0 Å². The van der Waals surface area contributed by atoms with Gasteiger partial charge in [-0.05, 0) is 36.8 Å². The van der Waals surface area contributed by atoms with E-state index in [0.717, 1.165) is 18.5 Å². The first-order valence-corrected chi connectivity index (χ1v) is 6.79. The summed E-state index contributed by atoms with van der Waals surface area (Å²) in [6.45, 7) is 8.09. The molecule has 0 saturated heterocycles. The van der Waals surface area contributed by atoms with Crippen molar-refractivity contribution in [2.24, 2.45) is 0 Å². The van der Waals surface area contributed by atoms with Gasteiger partial charge in [0, 0.05) is 16.5 Å². The Morgan fingerprint density at radius 3 is 3.06 bits per heavy atom. The van der Waals surface area contributed by atoms with E-state index in [4.69, 9.17) is 0 Å². The predicted molar refractivity (Wildman–Crippen MR) is 73.7 cm³/mol. The zero-order valence-electron chi connectivity index (χ0n) is 10.4. The monoisotopic (exact) mass is 246 g/mol. The van der Waals surface area contributed by atoms with Gasteiger partial charge in [-0.15, -0.1) is 17.9 Å². The van der Waals surface area contributed by atoms with Crippen molar-refractivity contribution in [1.82, 2.24) is 9.97 Å². The molecule has 1 atom stereocenters. The molecule has 2 rings (SSSR count). The van der Waals surface area contributed by atoms with Crippen LogP contribution >= 0.6 is 11.3 Å². The zero-order chi connectivity index (χ0) is 12.3. The molecular weight excluding hydrogens is 228 g/mol. The van der Waals surface area contributed by atoms with Crippen LogP contribution in [0.15, 0.2) is 30.4 Å². The number of aryl methyl sites for hydroxylation is 2. The molecule has 0 spiro atoms. The van der Waals surface area contributed by atoms with Crippen molar-refractivity contribution < 1.29 is 0 Å². The molecule has 0 radical (unpaired) electrons. The molecule has 2 nitrogen and oxygen atoms in total. The van der Waals surface area contributed by atoms with Gasteiger partial charge in [0.2, 0.25) is 0 Å². The molecule has 2 heterocycles. The number of hydrogen-bond donors (Lipinski definition) is 1. The van der Waals surface area contributed by atoms with Gasteiger partial charge in [0.25, 0.3) is 0 Å². The fraction of sp³-hybridized carbons (Fsp3) is 0.357. The number of hydrogen-bond acceptors (Lipinski definition) is 2. The number of rotatable bonds is 5. The van der Waals surface area contributed by atoms with E-state index in [2.05, 4.69) is 41.8 Å². The van der Waals surface area contributed by atoms with Crippen LogP contribution in [0.25, 0.3) is 0 Å². The normalized spacial score (nSPS) is 12.6. The number of imidazole rings is 1. The minimum absolute atomic E-state index is 0.368. The largest absolute Gasteiger partial charge is 0.348 e. The smallest absolute Gasteiger partial charge is 0.0925 e. The van der Waals surface area contributed by atoms with Crippen LogP contribution < -0.4 is 0 Å². The lowest BCUT2D eigenvalue weighted by atomic mass is 9.96. The number of nitrogens with one attached hydrogen (secondary N) is 1. The molecule has 0 aliphatic rings. The Labute approximate surface area is 106 Å². The Morgan fingerprint density at radius 2 is 2.41 bits per heavy atom. The van der Waals surface area contributed by atoms with E-state index in [1.165, 1.54) is 16.1 Å². The first kappa shape index (κ1) is 12.1. The second kappa shape index (κ2) is 5.32. The molecule has 0 bridgehead atoms. The van der Waals surface area contributed by atoms with Gasteiger partial charge in [-0.2, -0.15) is 0 Å². The standard InChI is InChI=1S/C14H18N2S/c1-4-5-6-13-12(7-8-17-13)10(2)14-11(3)15-9-16-14/h4,7-10H,1,5-6H2,2-3H3,(H,15,16). The average molecular weight is 246 g/mol. The van der Waals surface area contributed by atoms with E-state index >= 15 is 0 Å². The Kier molecular flexibility index (Phi) is 3.79. The summed E-state index contributed by atoms with van der Waals surface area (Å²) in [4.78, 5) is 9.03. The molecule has 90 valence electrons. The zero-order valence-corrected chi connectivity index (χ0v) is 11.2. The summed E-state index contributed by atoms with van der Waals surface area (Å²) in [5.41, 5.74) is 3.73. The van der Waals surface area contributed by atoms with Crippen LogP contribution in [0.4, 0.5) is 0 Å². The van der Waals surface area contributed by atoms with Crippen molar-refractivity contribution >= 4 is 11.3 Å². The molecule has 1 unspecified atom stereocenters. The number of thiophene rings is 1. The average Bonchev–Trinajstić information content (AvgIpc) is 2.94. The summed E-state index contributed by atoms with van der Waals surface area (Å²) in [6.07, 6.45) is 5.88. The van der Waals surface area contributed by atoms with Crippen LogP contribution in [0, 0.1) is 6.92 Å². The Morgan fingerprint density at radius 1 is 1.59 bits per heavy atom. The van der Waals surface area contributed by atoms with E-state index in [-0.39, 0.29) is 0 Å². The molecule has 3 heteroatoms. The van der Waals surface area contributed by atoms with Crippen molar-refractivity contribution in [3.8, 4) is 0 Å². The lowest BCUT2D eigenvalue weighted by Gasteiger charge is -2.11. The first-order valence-electron chi connectivity index (χ1n) is 5.91. The number of aromatic amines is 1. The SMILES string of the molecule is C=CCCc1sccc1C(C)c1nc[nH]c1C. The van der Waals surface area contributed by atoms with E-state index in [9.17, 15) is 0 Å². The van der Waals surface area contributed by atoms with Crippen LogP contribution in [-0.2, 0) is 6.42 Å². The lowest BCUT2D eigenvalue weighted by molar-refractivity contribution is 0.853. The maximum Gasteiger partial charge on any atom is 0.0925 e. The summed E-state index contributed by atoms with van der Waals surface area (Å²) in [5, 5.41) is 2.17. The molecule has 0 aromatic carbocycles. The van der Waals surface area contributed by atoms with Gasteiger partial charge in [0.15, 0.2) is 0 Å². The van der Waals surface area contributed by atoms with E-state index in [0.29, 0.717) is 5.92 Å². The number of nitrogens with zero attached hydrogens (tertiary/aromatic N) is 1. The Bertz CT molecular complexity index is 496. The molecule has 0 saturated carbocycles. The summed E-state index contributed by atoms with van der Waals surface area (Å²) in [5.74, 6) is 0.368. The minimum Gasteiger partial charge on any atom is -0.348 e. The summed E-state index contributed by atoms with van der Waals surface area (Å²) in [6, 6.07) is 2.22. The highest BCUT2D eigenvalue weighted by Gasteiger charge is 2.17. The first-order chi connectivity index (χ1) is 8.24. The fourth-order valence-electron chi connectivity index (χ4n) is 2.13. The Hall–Kier alpha value is -1.35. The molecule has 0 fully saturated rings. The number of aromatic nitrogens is 2. The molecule has 1 N–H and O–H groups in total. The summed E-state index contributed by atoms with van der Waals surface area (Å²) >= 11 is 1.84. The quantitative estimate of drug-likeness (QED) is 0.792. The second-order valence-corrected chi connectivity index (χ2v) is 5.26. The van der Waals surface area contributed by atoms with Gasteiger partial charge in [-0.1, -0.05) is 13.0 Å². The number of allylic oxidation sites excluding steroid dienone is 1. The molecule has 0 aliphatic carbocycles. The van der Waals surface area contributed by atoms with Crippen molar-refractivity contribution in [1.29, 1.82) is 0 Å². The topological polar surface area (TPSA) is 28.7 Å². The summed E-state index contributed by atoms with van der Waals surface area (Å²) in [7, 11) is 0. The lowest BCUT2D eigenvalue weighted by Crippen LogP contribution is -2.00. The van der Waals surface area contributed by atoms with Crippen molar-refractivity contribution in [2.45, 2.75) is 32.6 Å². The third kappa shape index (κ3) is 2.50. The third-order valence-electron chi connectivity index (χ3n) is 3.10. The van der Waals surface area contributed by atoms with E-state index in [1.54, 1.807) is 6.33 Å². The van der Waals surface area contributed by atoms with Gasteiger partial charge in [-0.3, -0.25) is 0 Å². The molecule has 2 aromatic heterocycles. The highest BCUT2D eigenvalue weighted by molar-refractivity contribution is 7.10. The predicted octanol–water partition coefficient (Wildman–Crippen LogP) is 4.05. The molecule has 2 aromatic rings. The van der Waals surface area contributed by atoms with E-state index < -0.39 is 0 Å². The fourth-order valence-corrected chi connectivity index (χ4v) is 3.12. The van der Waals surface area contributed by atoms with Crippen molar-refractivity contribution in [3.05, 3.63) is 52.3 Å². The van der Waals surface area contributed by atoms with Gasteiger partial charge in [-0.25, -0.2) is 4.98 Å². The minimum atomic E-state index is 0.368. The highest BCUT2D eigenvalue weighted by Crippen LogP contribution is 2.31. The van der Waals surface area contributed by atoms with Crippen LogP contribution in [-0.4, -0.2) is 9.97 Å². The Balaban J connectivity index is 2.25. The molecule has 0 amide bonds. The molecular formula is C14H18N2S. The van der Waals surface area contributed by atoms with Crippen LogP contribution in [0.2, 0.25) is 0 Å². The number of H-pyrrole nitrogens is 1. The van der Waals surface area contributed by atoms with Gasteiger partial charge in [0.05, 0.1) is 12.0 Å². The van der Waals surface area contributed by atoms with Crippen molar-refractivity contribution in [2.75, 3.05) is 0 Å². The maximum atomic E-state index is 4.42. The summed E-state index contributed by atoms with van der Waals surface area (Å²) < 4.78 is 0. The second-order valence-electron chi connectivity index (χ2n) is 4.26.